The number of nitrogens with zero attached hydrogens (tertiary/aromatic N) is 1. The summed E-state index contributed by atoms with van der Waals surface area (Å²) in [5.74, 6) is 0.290. The van der Waals surface area contributed by atoms with E-state index >= 15 is 0 Å². The zero-order chi connectivity index (χ0) is 16.4. The topological polar surface area (TPSA) is 58.6 Å². The number of hydrogen-bond donors (Lipinski definition) is 1. The molecule has 1 heterocycles. The Morgan fingerprint density at radius 3 is 2.74 bits per heavy atom. The van der Waals surface area contributed by atoms with Gasteiger partial charge in [-0.1, -0.05) is 19.3 Å². The zero-order valence-corrected chi connectivity index (χ0v) is 14.1. The van der Waals surface area contributed by atoms with Gasteiger partial charge in [0.25, 0.3) is 10.2 Å². The number of benzene rings is 1. The highest BCUT2D eigenvalue weighted by Crippen LogP contribution is 2.27. The maximum Gasteiger partial charge on any atom is 0.279 e. The molecule has 1 unspecified atom stereocenters. The van der Waals surface area contributed by atoms with Crippen LogP contribution in [-0.2, 0) is 16.6 Å². The molecule has 0 amide bonds. The van der Waals surface area contributed by atoms with Crippen LogP contribution in [0, 0.1) is 5.82 Å². The monoisotopic (exact) mass is 342 g/mol. The summed E-state index contributed by atoms with van der Waals surface area (Å²) in [6, 6.07) is 4.03. The van der Waals surface area contributed by atoms with Crippen molar-refractivity contribution in [1.29, 1.82) is 0 Å². The third kappa shape index (κ3) is 3.84. The standard InChI is InChI=1S/C16H23FN2O3S/c1-19(15-5-3-2-4-6-15)23(20,21)18-14-10-12-9-13(17)7-8-16(12)22-11-14/h7-9,14-15,18H,2-6,10-11H2,1H3. The lowest BCUT2D eigenvalue weighted by Crippen LogP contribution is -2.51. The predicted octanol–water partition coefficient (Wildman–Crippen LogP) is 2.23. The molecule has 0 bridgehead atoms. The van der Waals surface area contributed by atoms with Gasteiger partial charge in [-0.15, -0.1) is 0 Å². The molecule has 1 fully saturated rings. The fourth-order valence-electron chi connectivity index (χ4n) is 3.37. The lowest BCUT2D eigenvalue weighted by molar-refractivity contribution is 0.244. The Balaban J connectivity index is 1.66. The third-order valence-corrected chi connectivity index (χ3v) is 6.40. The molecule has 5 nitrogen and oxygen atoms in total. The molecule has 3 rings (SSSR count). The van der Waals surface area contributed by atoms with Crippen LogP contribution < -0.4 is 9.46 Å². The van der Waals surface area contributed by atoms with E-state index in [1.54, 1.807) is 13.1 Å². The van der Waals surface area contributed by atoms with Gasteiger partial charge in [0, 0.05) is 13.1 Å². The second kappa shape index (κ2) is 6.75. The van der Waals surface area contributed by atoms with Gasteiger partial charge in [-0.3, -0.25) is 0 Å². The van der Waals surface area contributed by atoms with E-state index < -0.39 is 10.2 Å². The van der Waals surface area contributed by atoms with Crippen molar-refractivity contribution < 1.29 is 17.5 Å². The zero-order valence-electron chi connectivity index (χ0n) is 13.3. The molecule has 0 aromatic heterocycles. The Labute approximate surface area is 137 Å². The lowest BCUT2D eigenvalue weighted by atomic mass is 9.96. The summed E-state index contributed by atoms with van der Waals surface area (Å²) in [6.07, 6.45) is 5.58. The van der Waals surface area contributed by atoms with E-state index in [2.05, 4.69) is 4.72 Å². The fourth-order valence-corrected chi connectivity index (χ4v) is 4.72. The van der Waals surface area contributed by atoms with Crippen molar-refractivity contribution in [3.63, 3.8) is 0 Å². The first kappa shape index (κ1) is 16.7. The maximum atomic E-state index is 13.3. The van der Waals surface area contributed by atoms with Gasteiger partial charge in [0.15, 0.2) is 0 Å². The SMILES string of the molecule is CN(C1CCCCC1)S(=O)(=O)NC1COc2ccc(F)cc2C1. The van der Waals surface area contributed by atoms with E-state index in [9.17, 15) is 12.8 Å². The van der Waals surface area contributed by atoms with Gasteiger partial charge in [0.05, 0.1) is 6.04 Å². The summed E-state index contributed by atoms with van der Waals surface area (Å²) in [5, 5.41) is 0. The Kier molecular flexibility index (Phi) is 4.89. The molecule has 0 radical (unpaired) electrons. The van der Waals surface area contributed by atoms with Crippen molar-refractivity contribution in [3.05, 3.63) is 29.6 Å². The largest absolute Gasteiger partial charge is 0.492 e. The van der Waals surface area contributed by atoms with Crippen LogP contribution >= 0.6 is 0 Å². The van der Waals surface area contributed by atoms with Crippen molar-refractivity contribution in [2.75, 3.05) is 13.7 Å². The molecule has 1 aromatic rings. The van der Waals surface area contributed by atoms with Crippen molar-refractivity contribution >= 4 is 10.2 Å². The maximum absolute atomic E-state index is 13.3. The summed E-state index contributed by atoms with van der Waals surface area (Å²) in [6.45, 7) is 0.260. The molecular formula is C16H23FN2O3S. The number of hydrogen-bond acceptors (Lipinski definition) is 3. The van der Waals surface area contributed by atoms with E-state index in [4.69, 9.17) is 4.74 Å². The van der Waals surface area contributed by atoms with Crippen LogP contribution in [0.1, 0.15) is 37.7 Å². The number of nitrogens with one attached hydrogen (secondary N) is 1. The van der Waals surface area contributed by atoms with E-state index in [1.165, 1.54) is 22.9 Å². The first-order valence-electron chi connectivity index (χ1n) is 8.12. The van der Waals surface area contributed by atoms with E-state index in [0.29, 0.717) is 17.7 Å². The van der Waals surface area contributed by atoms with Gasteiger partial charge in [-0.25, -0.2) is 4.39 Å². The molecule has 128 valence electrons. The van der Waals surface area contributed by atoms with Crippen LogP contribution in [0.15, 0.2) is 18.2 Å². The molecule has 1 aliphatic carbocycles. The molecule has 23 heavy (non-hydrogen) atoms. The lowest BCUT2D eigenvalue weighted by Gasteiger charge is -2.33. The highest BCUT2D eigenvalue weighted by Gasteiger charge is 2.31. The van der Waals surface area contributed by atoms with Gasteiger partial charge < -0.3 is 4.74 Å². The highest BCUT2D eigenvalue weighted by molar-refractivity contribution is 7.87. The quantitative estimate of drug-likeness (QED) is 0.913. The Bertz CT molecular complexity index is 659. The number of halogens is 1. The average Bonchev–Trinajstić information content (AvgIpc) is 2.54. The van der Waals surface area contributed by atoms with Gasteiger partial charge in [-0.05, 0) is 43.0 Å². The fraction of sp³-hybridized carbons (Fsp3) is 0.625. The molecule has 1 atom stereocenters. The van der Waals surface area contributed by atoms with Crippen molar-refractivity contribution in [2.45, 2.75) is 50.6 Å². The number of ether oxygens (including phenoxy) is 1. The molecule has 0 saturated heterocycles. The van der Waals surface area contributed by atoms with Crippen LogP contribution in [-0.4, -0.2) is 38.5 Å². The van der Waals surface area contributed by atoms with Gasteiger partial charge >= 0.3 is 0 Å². The summed E-state index contributed by atoms with van der Waals surface area (Å²) in [4.78, 5) is 0. The molecular weight excluding hydrogens is 319 g/mol. The summed E-state index contributed by atoms with van der Waals surface area (Å²) in [7, 11) is -1.93. The van der Waals surface area contributed by atoms with Crippen molar-refractivity contribution in [1.82, 2.24) is 9.03 Å². The molecule has 1 aliphatic heterocycles. The Morgan fingerprint density at radius 2 is 2.00 bits per heavy atom. The second-order valence-corrected chi connectivity index (χ2v) is 8.16. The third-order valence-electron chi connectivity index (χ3n) is 4.71. The van der Waals surface area contributed by atoms with Gasteiger partial charge in [0.1, 0.15) is 18.2 Å². The van der Waals surface area contributed by atoms with Gasteiger partial charge in [-0.2, -0.15) is 17.4 Å². The first-order valence-corrected chi connectivity index (χ1v) is 9.56. The van der Waals surface area contributed by atoms with Crippen LogP contribution in [0.2, 0.25) is 0 Å². The van der Waals surface area contributed by atoms with Gasteiger partial charge in [0.2, 0.25) is 0 Å². The van der Waals surface area contributed by atoms with E-state index in [-0.39, 0.29) is 24.5 Å². The van der Waals surface area contributed by atoms with Crippen molar-refractivity contribution in [2.24, 2.45) is 0 Å². The van der Waals surface area contributed by atoms with E-state index in [0.717, 1.165) is 25.7 Å². The molecule has 1 N–H and O–H groups in total. The molecule has 7 heteroatoms. The second-order valence-electron chi connectivity index (χ2n) is 6.40. The number of fused-ring (bicyclic) bond motifs is 1. The van der Waals surface area contributed by atoms with Crippen molar-refractivity contribution in [3.8, 4) is 5.75 Å². The molecule has 1 saturated carbocycles. The summed E-state index contributed by atoms with van der Waals surface area (Å²) >= 11 is 0. The van der Waals surface area contributed by atoms with Crippen LogP contribution in [0.3, 0.4) is 0 Å². The van der Waals surface area contributed by atoms with Crippen LogP contribution in [0.25, 0.3) is 0 Å². The molecule has 0 spiro atoms. The molecule has 1 aromatic carbocycles. The van der Waals surface area contributed by atoms with E-state index in [1.807, 2.05) is 0 Å². The normalized spacial score (nSPS) is 22.7. The Hall–Kier alpha value is -1.18. The summed E-state index contributed by atoms with van der Waals surface area (Å²) in [5.41, 5.74) is 0.698. The summed E-state index contributed by atoms with van der Waals surface area (Å²) < 4.78 is 48.2. The minimum Gasteiger partial charge on any atom is -0.492 e. The number of rotatable bonds is 4. The minimum absolute atomic E-state index is 0.0653. The van der Waals surface area contributed by atoms with Crippen LogP contribution in [0.5, 0.6) is 5.75 Å². The minimum atomic E-state index is -3.56. The van der Waals surface area contributed by atoms with Crippen LogP contribution in [0.4, 0.5) is 4.39 Å². The first-order chi connectivity index (χ1) is 11.0. The smallest absolute Gasteiger partial charge is 0.279 e. The highest BCUT2D eigenvalue weighted by atomic mass is 32.2. The predicted molar refractivity (Wildman–Crippen MR) is 86.1 cm³/mol. The molecule has 2 aliphatic rings. The Morgan fingerprint density at radius 1 is 1.26 bits per heavy atom. The average molecular weight is 342 g/mol.